The molecule has 0 spiro atoms. The first-order valence-corrected chi connectivity index (χ1v) is 7.60. The van der Waals surface area contributed by atoms with Crippen LogP contribution < -0.4 is 14.9 Å². The number of hydrogen-bond donors (Lipinski definition) is 1. The number of nitrogens with zero attached hydrogens (tertiary/aromatic N) is 1. The minimum absolute atomic E-state index is 0.305. The van der Waals surface area contributed by atoms with Gasteiger partial charge in [-0.3, -0.25) is 4.79 Å². The zero-order chi connectivity index (χ0) is 17.7. The number of hydrogen-bond acceptors (Lipinski definition) is 4. The van der Waals surface area contributed by atoms with Gasteiger partial charge in [-0.2, -0.15) is 5.10 Å². The third-order valence-corrected chi connectivity index (χ3v) is 3.74. The Hall–Kier alpha value is -2.82. The molecule has 2 rings (SSSR count). The number of aryl methyl sites for hydroxylation is 2. The van der Waals surface area contributed by atoms with E-state index in [4.69, 9.17) is 9.47 Å². The quantitative estimate of drug-likeness (QED) is 0.676. The minimum atomic E-state index is -0.305. The van der Waals surface area contributed by atoms with Crippen molar-refractivity contribution in [1.29, 1.82) is 0 Å². The van der Waals surface area contributed by atoms with Crippen LogP contribution in [0.4, 0.5) is 0 Å². The van der Waals surface area contributed by atoms with Crippen molar-refractivity contribution in [2.45, 2.75) is 20.8 Å². The maximum Gasteiger partial charge on any atom is 0.271 e. The van der Waals surface area contributed by atoms with Crippen LogP contribution in [0.15, 0.2) is 41.5 Å². The number of rotatable bonds is 5. The Bertz CT molecular complexity index is 782. The van der Waals surface area contributed by atoms with Crippen molar-refractivity contribution < 1.29 is 14.3 Å². The molecule has 5 heteroatoms. The lowest BCUT2D eigenvalue weighted by atomic mass is 10.0. The summed E-state index contributed by atoms with van der Waals surface area (Å²) in [4.78, 5) is 12.3. The van der Waals surface area contributed by atoms with Crippen molar-refractivity contribution in [3.8, 4) is 11.5 Å². The summed E-state index contributed by atoms with van der Waals surface area (Å²) in [6.07, 6.45) is 0. The number of ether oxygens (including phenoxy) is 2. The zero-order valence-electron chi connectivity index (χ0n) is 14.6. The smallest absolute Gasteiger partial charge is 0.271 e. The molecule has 0 aliphatic heterocycles. The maximum atomic E-state index is 12.3. The highest BCUT2D eigenvalue weighted by atomic mass is 16.5. The summed E-state index contributed by atoms with van der Waals surface area (Å²) in [5.74, 6) is 0.768. The van der Waals surface area contributed by atoms with Gasteiger partial charge in [-0.25, -0.2) is 5.43 Å². The van der Waals surface area contributed by atoms with Gasteiger partial charge in [-0.15, -0.1) is 0 Å². The molecule has 0 unspecified atom stereocenters. The number of hydrazone groups is 1. The molecule has 0 saturated heterocycles. The first kappa shape index (κ1) is 17.5. The standard InChI is InChI=1S/C19H22N2O3/c1-12-6-8-16(13(2)10-12)14(3)20-21-19(22)15-7-9-17(23-4)18(11-15)24-5/h6-11H,1-5H3,(H,21,22). The van der Waals surface area contributed by atoms with Gasteiger partial charge >= 0.3 is 0 Å². The number of amides is 1. The van der Waals surface area contributed by atoms with Crippen molar-refractivity contribution in [2.75, 3.05) is 14.2 Å². The predicted molar refractivity (Wildman–Crippen MR) is 95.1 cm³/mol. The van der Waals surface area contributed by atoms with E-state index < -0.39 is 0 Å². The average Bonchev–Trinajstić information content (AvgIpc) is 2.58. The van der Waals surface area contributed by atoms with Crippen LogP contribution >= 0.6 is 0 Å². The van der Waals surface area contributed by atoms with E-state index in [1.54, 1.807) is 25.3 Å². The maximum absolute atomic E-state index is 12.3. The van der Waals surface area contributed by atoms with E-state index in [2.05, 4.69) is 16.6 Å². The SMILES string of the molecule is COc1ccc(C(=O)NN=C(C)c2ccc(C)cc2C)cc1OC. The highest BCUT2D eigenvalue weighted by Gasteiger charge is 2.10. The van der Waals surface area contributed by atoms with E-state index in [1.165, 1.54) is 12.7 Å². The largest absolute Gasteiger partial charge is 0.493 e. The number of nitrogens with one attached hydrogen (secondary N) is 1. The molecule has 0 aliphatic carbocycles. The van der Waals surface area contributed by atoms with E-state index in [1.807, 2.05) is 32.9 Å². The summed E-state index contributed by atoms with van der Waals surface area (Å²) >= 11 is 0. The van der Waals surface area contributed by atoms with Crippen LogP contribution in [0.1, 0.15) is 34.0 Å². The molecule has 1 amide bonds. The van der Waals surface area contributed by atoms with Gasteiger partial charge < -0.3 is 9.47 Å². The second kappa shape index (κ2) is 7.64. The van der Waals surface area contributed by atoms with E-state index in [0.717, 1.165) is 16.8 Å². The van der Waals surface area contributed by atoms with E-state index in [0.29, 0.717) is 17.1 Å². The molecule has 0 aliphatic rings. The molecular weight excluding hydrogens is 304 g/mol. The molecule has 0 radical (unpaired) electrons. The van der Waals surface area contributed by atoms with Crippen molar-refractivity contribution in [3.63, 3.8) is 0 Å². The summed E-state index contributed by atoms with van der Waals surface area (Å²) in [6, 6.07) is 11.1. The average molecular weight is 326 g/mol. The molecule has 0 atom stereocenters. The minimum Gasteiger partial charge on any atom is -0.493 e. The van der Waals surface area contributed by atoms with Crippen LogP contribution in [0.25, 0.3) is 0 Å². The summed E-state index contributed by atoms with van der Waals surface area (Å²) in [5, 5.41) is 4.20. The van der Waals surface area contributed by atoms with Crippen LogP contribution in [0.5, 0.6) is 11.5 Å². The third-order valence-electron chi connectivity index (χ3n) is 3.74. The van der Waals surface area contributed by atoms with Crippen LogP contribution in [0.2, 0.25) is 0 Å². The van der Waals surface area contributed by atoms with Crippen LogP contribution in [-0.2, 0) is 0 Å². The lowest BCUT2D eigenvalue weighted by Gasteiger charge is -2.09. The highest BCUT2D eigenvalue weighted by Crippen LogP contribution is 2.27. The molecular formula is C19H22N2O3. The fourth-order valence-electron chi connectivity index (χ4n) is 2.46. The monoisotopic (exact) mass is 326 g/mol. The number of benzene rings is 2. The fraction of sp³-hybridized carbons (Fsp3) is 0.263. The van der Waals surface area contributed by atoms with E-state index in [-0.39, 0.29) is 5.91 Å². The Morgan fingerprint density at radius 2 is 1.71 bits per heavy atom. The Balaban J connectivity index is 2.17. The molecule has 2 aromatic rings. The van der Waals surface area contributed by atoms with Gasteiger partial charge in [0.25, 0.3) is 5.91 Å². The summed E-state index contributed by atoms with van der Waals surface area (Å²) in [6.45, 7) is 5.94. The Morgan fingerprint density at radius 1 is 1.00 bits per heavy atom. The molecule has 24 heavy (non-hydrogen) atoms. The first-order chi connectivity index (χ1) is 11.5. The Morgan fingerprint density at radius 3 is 2.33 bits per heavy atom. The normalized spacial score (nSPS) is 11.1. The fourth-order valence-corrected chi connectivity index (χ4v) is 2.46. The molecule has 0 aromatic heterocycles. The van der Waals surface area contributed by atoms with E-state index in [9.17, 15) is 4.79 Å². The van der Waals surface area contributed by atoms with Gasteiger partial charge in [0.1, 0.15) is 0 Å². The summed E-state index contributed by atoms with van der Waals surface area (Å²) < 4.78 is 10.4. The molecule has 0 heterocycles. The molecule has 0 bridgehead atoms. The Kier molecular flexibility index (Phi) is 5.58. The predicted octanol–water partition coefficient (Wildman–Crippen LogP) is 3.47. The van der Waals surface area contributed by atoms with Crippen molar-refractivity contribution in [3.05, 3.63) is 58.7 Å². The number of carbonyl (C=O) groups is 1. The molecule has 5 nitrogen and oxygen atoms in total. The first-order valence-electron chi connectivity index (χ1n) is 7.60. The molecule has 0 saturated carbocycles. The second-order valence-corrected chi connectivity index (χ2v) is 5.53. The molecule has 126 valence electrons. The zero-order valence-corrected chi connectivity index (χ0v) is 14.6. The lowest BCUT2D eigenvalue weighted by molar-refractivity contribution is 0.0954. The molecule has 2 aromatic carbocycles. The summed E-state index contributed by atoms with van der Waals surface area (Å²) in [5.41, 5.74) is 7.10. The number of carbonyl (C=O) groups excluding carboxylic acids is 1. The van der Waals surface area contributed by atoms with Crippen LogP contribution in [0, 0.1) is 13.8 Å². The van der Waals surface area contributed by atoms with Crippen LogP contribution in [-0.4, -0.2) is 25.8 Å². The van der Waals surface area contributed by atoms with Gasteiger partial charge in [-0.05, 0) is 44.5 Å². The van der Waals surface area contributed by atoms with E-state index >= 15 is 0 Å². The van der Waals surface area contributed by atoms with Gasteiger partial charge in [-0.1, -0.05) is 23.8 Å². The van der Waals surface area contributed by atoms with Crippen molar-refractivity contribution in [1.82, 2.24) is 5.43 Å². The van der Waals surface area contributed by atoms with Gasteiger partial charge in [0.2, 0.25) is 0 Å². The molecule has 1 N–H and O–H groups in total. The highest BCUT2D eigenvalue weighted by molar-refractivity contribution is 6.02. The Labute approximate surface area is 142 Å². The topological polar surface area (TPSA) is 59.9 Å². The van der Waals surface area contributed by atoms with Crippen molar-refractivity contribution >= 4 is 11.6 Å². The summed E-state index contributed by atoms with van der Waals surface area (Å²) in [7, 11) is 3.08. The van der Waals surface area contributed by atoms with Gasteiger partial charge in [0.15, 0.2) is 11.5 Å². The molecule has 0 fully saturated rings. The van der Waals surface area contributed by atoms with Gasteiger partial charge in [0.05, 0.1) is 19.9 Å². The third kappa shape index (κ3) is 3.93. The second-order valence-electron chi connectivity index (χ2n) is 5.53. The van der Waals surface area contributed by atoms with Crippen molar-refractivity contribution in [2.24, 2.45) is 5.10 Å². The number of methoxy groups -OCH3 is 2. The lowest BCUT2D eigenvalue weighted by Crippen LogP contribution is -2.19. The van der Waals surface area contributed by atoms with Gasteiger partial charge in [0, 0.05) is 11.1 Å². The van der Waals surface area contributed by atoms with Crippen LogP contribution in [0.3, 0.4) is 0 Å².